The highest BCUT2D eigenvalue weighted by atomic mass is 15.2. The number of rotatable bonds is 6. The Balaban J connectivity index is 2.47. The molecule has 19 heavy (non-hydrogen) atoms. The van der Waals surface area contributed by atoms with Gasteiger partial charge in [-0.05, 0) is 57.0 Å². The predicted octanol–water partition coefficient (Wildman–Crippen LogP) is 3.62. The zero-order valence-corrected chi connectivity index (χ0v) is 14.2. The largest absolute Gasteiger partial charge is 0.316 e. The van der Waals surface area contributed by atoms with E-state index in [0.29, 0.717) is 6.04 Å². The molecule has 1 N–H and O–H groups in total. The summed E-state index contributed by atoms with van der Waals surface area (Å²) in [7, 11) is 0. The van der Waals surface area contributed by atoms with Crippen molar-refractivity contribution in [3.05, 3.63) is 0 Å². The summed E-state index contributed by atoms with van der Waals surface area (Å²) >= 11 is 0. The van der Waals surface area contributed by atoms with E-state index >= 15 is 0 Å². The summed E-state index contributed by atoms with van der Waals surface area (Å²) in [5.74, 6) is 3.15. The lowest BCUT2D eigenvalue weighted by molar-refractivity contribution is 0.0269. The van der Waals surface area contributed by atoms with Crippen LogP contribution in [-0.2, 0) is 0 Å². The fourth-order valence-corrected chi connectivity index (χ4v) is 3.39. The molecule has 0 aromatic rings. The van der Waals surface area contributed by atoms with Gasteiger partial charge in [-0.3, -0.25) is 4.90 Å². The molecule has 0 aromatic carbocycles. The number of nitrogens with zero attached hydrogens (tertiary/aromatic N) is 1. The van der Waals surface area contributed by atoms with Crippen molar-refractivity contribution in [3.8, 4) is 0 Å². The first-order chi connectivity index (χ1) is 8.82. The van der Waals surface area contributed by atoms with Gasteiger partial charge in [0.25, 0.3) is 0 Å². The average Bonchev–Trinajstić information content (AvgIpc) is 2.32. The molecule has 2 heteroatoms. The molecule has 2 nitrogen and oxygen atoms in total. The fourth-order valence-electron chi connectivity index (χ4n) is 3.39. The zero-order chi connectivity index (χ0) is 14.6. The van der Waals surface area contributed by atoms with Crippen molar-refractivity contribution in [1.29, 1.82) is 0 Å². The SMILES string of the molecule is CC(C)CNCC(C)C(C)N1CC(C)CC(C)C1C. The van der Waals surface area contributed by atoms with E-state index in [1.54, 1.807) is 0 Å². The lowest BCUT2D eigenvalue weighted by atomic mass is 9.83. The summed E-state index contributed by atoms with van der Waals surface area (Å²) < 4.78 is 0. The van der Waals surface area contributed by atoms with Crippen LogP contribution < -0.4 is 5.32 Å². The summed E-state index contributed by atoms with van der Waals surface area (Å²) in [5.41, 5.74) is 0. The number of likely N-dealkylation sites (tertiary alicyclic amines) is 1. The molecule has 1 rings (SSSR count). The van der Waals surface area contributed by atoms with Gasteiger partial charge in [0.05, 0.1) is 0 Å². The van der Waals surface area contributed by atoms with Crippen LogP contribution in [0.25, 0.3) is 0 Å². The summed E-state index contributed by atoms with van der Waals surface area (Å²) in [6.45, 7) is 20.2. The van der Waals surface area contributed by atoms with Crippen LogP contribution in [-0.4, -0.2) is 36.6 Å². The topological polar surface area (TPSA) is 15.3 Å². The predicted molar refractivity (Wildman–Crippen MR) is 85.4 cm³/mol. The smallest absolute Gasteiger partial charge is 0.0108 e. The van der Waals surface area contributed by atoms with Crippen molar-refractivity contribution in [3.63, 3.8) is 0 Å². The molecular formula is C17H36N2. The van der Waals surface area contributed by atoms with Crippen LogP contribution in [0.1, 0.15) is 54.9 Å². The minimum atomic E-state index is 0.680. The van der Waals surface area contributed by atoms with Crippen molar-refractivity contribution in [2.24, 2.45) is 23.7 Å². The number of hydrogen-bond donors (Lipinski definition) is 1. The van der Waals surface area contributed by atoms with Gasteiger partial charge in [-0.2, -0.15) is 0 Å². The summed E-state index contributed by atoms with van der Waals surface area (Å²) in [6.07, 6.45) is 1.39. The molecule has 1 aliphatic heterocycles. The molecule has 114 valence electrons. The molecule has 1 saturated heterocycles. The number of nitrogens with one attached hydrogen (secondary N) is 1. The van der Waals surface area contributed by atoms with Gasteiger partial charge in [-0.15, -0.1) is 0 Å². The Bertz CT molecular complexity index is 252. The van der Waals surface area contributed by atoms with Gasteiger partial charge >= 0.3 is 0 Å². The second-order valence-electron chi connectivity index (χ2n) is 7.53. The van der Waals surface area contributed by atoms with Crippen LogP contribution >= 0.6 is 0 Å². The lowest BCUT2D eigenvalue weighted by Gasteiger charge is -2.46. The molecule has 1 aliphatic rings. The highest BCUT2D eigenvalue weighted by Crippen LogP contribution is 2.30. The molecule has 0 amide bonds. The Morgan fingerprint density at radius 2 is 1.68 bits per heavy atom. The second-order valence-corrected chi connectivity index (χ2v) is 7.53. The van der Waals surface area contributed by atoms with Crippen LogP contribution in [0.4, 0.5) is 0 Å². The molecule has 5 atom stereocenters. The van der Waals surface area contributed by atoms with Crippen molar-refractivity contribution in [2.45, 2.75) is 67.0 Å². The zero-order valence-electron chi connectivity index (χ0n) is 14.2. The summed E-state index contributed by atoms with van der Waals surface area (Å²) in [5, 5.41) is 3.62. The van der Waals surface area contributed by atoms with Crippen molar-refractivity contribution in [1.82, 2.24) is 10.2 Å². The third kappa shape index (κ3) is 5.07. The number of piperidine rings is 1. The van der Waals surface area contributed by atoms with E-state index in [1.165, 1.54) is 13.0 Å². The van der Waals surface area contributed by atoms with Gasteiger partial charge in [0, 0.05) is 18.6 Å². The van der Waals surface area contributed by atoms with E-state index in [-0.39, 0.29) is 0 Å². The maximum atomic E-state index is 3.62. The molecule has 0 bridgehead atoms. The molecule has 1 heterocycles. The maximum absolute atomic E-state index is 3.62. The standard InChI is InChI=1S/C17H36N2/c1-12(2)9-18-10-15(5)17(7)19-11-13(3)8-14(4)16(19)6/h12-18H,8-11H2,1-7H3. The Morgan fingerprint density at radius 1 is 1.05 bits per heavy atom. The van der Waals surface area contributed by atoms with E-state index < -0.39 is 0 Å². The molecule has 0 radical (unpaired) electrons. The van der Waals surface area contributed by atoms with Gasteiger partial charge in [0.15, 0.2) is 0 Å². The Labute approximate surface area is 121 Å². The van der Waals surface area contributed by atoms with Gasteiger partial charge in [-0.25, -0.2) is 0 Å². The highest BCUT2D eigenvalue weighted by Gasteiger charge is 2.33. The van der Waals surface area contributed by atoms with Gasteiger partial charge in [0.1, 0.15) is 0 Å². The van der Waals surface area contributed by atoms with Crippen LogP contribution in [0, 0.1) is 23.7 Å². The molecule has 0 spiro atoms. The van der Waals surface area contributed by atoms with Crippen LogP contribution in [0.5, 0.6) is 0 Å². The molecule has 0 aliphatic carbocycles. The Morgan fingerprint density at radius 3 is 2.26 bits per heavy atom. The van der Waals surface area contributed by atoms with E-state index in [4.69, 9.17) is 0 Å². The lowest BCUT2D eigenvalue weighted by Crippen LogP contribution is -2.53. The van der Waals surface area contributed by atoms with E-state index in [0.717, 1.165) is 42.8 Å². The van der Waals surface area contributed by atoms with Crippen LogP contribution in [0.3, 0.4) is 0 Å². The second kappa shape index (κ2) is 7.64. The Hall–Kier alpha value is -0.0800. The maximum Gasteiger partial charge on any atom is 0.0108 e. The van der Waals surface area contributed by atoms with Gasteiger partial charge in [-0.1, -0.05) is 34.6 Å². The van der Waals surface area contributed by atoms with E-state index in [1.807, 2.05) is 0 Å². The third-order valence-electron chi connectivity index (χ3n) is 5.01. The quantitative estimate of drug-likeness (QED) is 0.791. The minimum absolute atomic E-state index is 0.680. The van der Waals surface area contributed by atoms with Gasteiger partial charge in [0.2, 0.25) is 0 Å². The molecular weight excluding hydrogens is 232 g/mol. The normalized spacial score (nSPS) is 32.5. The van der Waals surface area contributed by atoms with E-state index in [2.05, 4.69) is 58.7 Å². The first-order valence-corrected chi connectivity index (χ1v) is 8.29. The molecule has 5 unspecified atom stereocenters. The first kappa shape index (κ1) is 17.0. The van der Waals surface area contributed by atoms with Crippen LogP contribution in [0.15, 0.2) is 0 Å². The Kier molecular flexibility index (Phi) is 6.82. The van der Waals surface area contributed by atoms with Crippen molar-refractivity contribution >= 4 is 0 Å². The molecule has 0 aromatic heterocycles. The molecule has 1 fully saturated rings. The van der Waals surface area contributed by atoms with Crippen molar-refractivity contribution < 1.29 is 0 Å². The third-order valence-corrected chi connectivity index (χ3v) is 5.01. The summed E-state index contributed by atoms with van der Waals surface area (Å²) in [4.78, 5) is 2.75. The molecule has 0 saturated carbocycles. The first-order valence-electron chi connectivity index (χ1n) is 8.29. The monoisotopic (exact) mass is 268 g/mol. The minimum Gasteiger partial charge on any atom is -0.316 e. The van der Waals surface area contributed by atoms with Gasteiger partial charge < -0.3 is 5.32 Å². The average molecular weight is 268 g/mol. The van der Waals surface area contributed by atoms with Crippen molar-refractivity contribution in [2.75, 3.05) is 19.6 Å². The van der Waals surface area contributed by atoms with E-state index in [9.17, 15) is 0 Å². The highest BCUT2D eigenvalue weighted by molar-refractivity contribution is 4.87. The fraction of sp³-hybridized carbons (Fsp3) is 1.00. The van der Waals surface area contributed by atoms with Crippen LogP contribution in [0.2, 0.25) is 0 Å². The number of hydrogen-bond acceptors (Lipinski definition) is 2. The summed E-state index contributed by atoms with van der Waals surface area (Å²) in [6, 6.07) is 1.42.